The Morgan fingerprint density at radius 1 is 1.33 bits per heavy atom. The number of carbonyl (C=O) groups is 1. The van der Waals surface area contributed by atoms with Crippen molar-refractivity contribution in [2.45, 2.75) is 46.1 Å². The largest absolute Gasteiger partial charge is 0.393 e. The van der Waals surface area contributed by atoms with Gasteiger partial charge in [-0.25, -0.2) is 5.48 Å². The van der Waals surface area contributed by atoms with E-state index in [-0.39, 0.29) is 16.7 Å². The molecule has 2 saturated carbocycles. The lowest BCUT2D eigenvalue weighted by Crippen LogP contribution is -2.45. The van der Waals surface area contributed by atoms with Crippen molar-refractivity contribution in [2.75, 3.05) is 0 Å². The average molecular weight is 213 g/mol. The van der Waals surface area contributed by atoms with Crippen molar-refractivity contribution in [1.29, 1.82) is 0 Å². The van der Waals surface area contributed by atoms with Crippen LogP contribution in [0.1, 0.15) is 40.0 Å². The van der Waals surface area contributed by atoms with Crippen LogP contribution in [0.3, 0.4) is 0 Å². The summed E-state index contributed by atoms with van der Waals surface area (Å²) in [5, 5.41) is 18.9. The van der Waals surface area contributed by atoms with Gasteiger partial charge in [-0.2, -0.15) is 0 Å². The van der Waals surface area contributed by atoms with Gasteiger partial charge in [0.05, 0.1) is 11.5 Å². The molecule has 1 amide bonds. The van der Waals surface area contributed by atoms with E-state index in [0.29, 0.717) is 6.42 Å². The zero-order valence-corrected chi connectivity index (χ0v) is 9.50. The van der Waals surface area contributed by atoms with E-state index >= 15 is 0 Å². The number of hydrogen-bond donors (Lipinski definition) is 3. The molecule has 2 rings (SSSR count). The number of carbonyl (C=O) groups excluding carboxylic acids is 1. The first-order valence-electron chi connectivity index (χ1n) is 5.44. The summed E-state index contributed by atoms with van der Waals surface area (Å²) in [6.45, 7) is 6.08. The Morgan fingerprint density at radius 3 is 2.27 bits per heavy atom. The monoisotopic (exact) mass is 213 g/mol. The lowest BCUT2D eigenvalue weighted by Gasteiger charge is -2.39. The lowest BCUT2D eigenvalue weighted by molar-refractivity contribution is -0.145. The Balaban J connectivity index is 2.49. The fraction of sp³-hybridized carbons (Fsp3) is 0.909. The number of rotatable bonds is 1. The second-order valence-electron chi connectivity index (χ2n) is 5.79. The van der Waals surface area contributed by atoms with Gasteiger partial charge in [-0.05, 0) is 30.1 Å². The second-order valence-corrected chi connectivity index (χ2v) is 5.79. The summed E-state index contributed by atoms with van der Waals surface area (Å²) in [7, 11) is 0. The van der Waals surface area contributed by atoms with Crippen LogP contribution in [0.15, 0.2) is 0 Å². The molecule has 2 aliphatic rings. The van der Waals surface area contributed by atoms with Crippen LogP contribution in [-0.2, 0) is 4.79 Å². The van der Waals surface area contributed by atoms with E-state index in [4.69, 9.17) is 5.21 Å². The van der Waals surface area contributed by atoms with Crippen molar-refractivity contribution < 1.29 is 15.1 Å². The molecule has 0 unspecified atom stereocenters. The highest BCUT2D eigenvalue weighted by Crippen LogP contribution is 2.72. The number of nitrogens with one attached hydrogen (secondary N) is 1. The van der Waals surface area contributed by atoms with Crippen molar-refractivity contribution in [3.63, 3.8) is 0 Å². The van der Waals surface area contributed by atoms with E-state index in [1.165, 1.54) is 0 Å². The van der Waals surface area contributed by atoms with Crippen LogP contribution in [0.4, 0.5) is 0 Å². The minimum atomic E-state index is -0.601. The summed E-state index contributed by atoms with van der Waals surface area (Å²) in [5.41, 5.74) is 0.687. The molecule has 2 fully saturated rings. The van der Waals surface area contributed by atoms with Crippen LogP contribution in [0.2, 0.25) is 0 Å². The Labute approximate surface area is 89.6 Å². The summed E-state index contributed by atoms with van der Waals surface area (Å²) in [6.07, 6.45) is 1.61. The summed E-state index contributed by atoms with van der Waals surface area (Å²) >= 11 is 0. The summed E-state index contributed by atoms with van der Waals surface area (Å²) in [4.78, 5) is 11.8. The average Bonchev–Trinajstić information content (AvgIpc) is 2.47. The number of aliphatic hydroxyl groups is 1. The zero-order chi connectivity index (χ0) is 11.5. The maximum Gasteiger partial charge on any atom is 0.250 e. The molecule has 3 atom stereocenters. The van der Waals surface area contributed by atoms with Crippen LogP contribution in [0, 0.1) is 16.2 Å². The molecule has 86 valence electrons. The number of aliphatic hydroxyl groups excluding tert-OH is 1. The molecule has 3 N–H and O–H groups in total. The van der Waals surface area contributed by atoms with Crippen LogP contribution in [0.5, 0.6) is 0 Å². The number of hydroxylamine groups is 1. The van der Waals surface area contributed by atoms with E-state index in [9.17, 15) is 9.90 Å². The van der Waals surface area contributed by atoms with Gasteiger partial charge < -0.3 is 5.11 Å². The molecule has 2 bridgehead atoms. The molecule has 4 nitrogen and oxygen atoms in total. The van der Waals surface area contributed by atoms with Crippen LogP contribution in [-0.4, -0.2) is 22.3 Å². The Hall–Kier alpha value is -0.610. The van der Waals surface area contributed by atoms with Gasteiger partial charge in [0, 0.05) is 0 Å². The van der Waals surface area contributed by atoms with Crippen molar-refractivity contribution in [2.24, 2.45) is 16.2 Å². The standard InChI is InChI=1S/C11H19NO3/c1-9(2)10(3)4-5-11(9,6-7(10)13)8(14)12-15/h7,13,15H,4-6H2,1-3H3,(H,12,14)/t7-,10-,11+/m1/s1. The van der Waals surface area contributed by atoms with Gasteiger partial charge in [-0.1, -0.05) is 20.8 Å². The molecule has 0 aromatic rings. The topological polar surface area (TPSA) is 69.6 Å². The lowest BCUT2D eigenvalue weighted by atomic mass is 9.64. The van der Waals surface area contributed by atoms with E-state index in [1.54, 1.807) is 5.48 Å². The van der Waals surface area contributed by atoms with Crippen LogP contribution < -0.4 is 5.48 Å². The van der Waals surface area contributed by atoms with E-state index in [1.807, 2.05) is 20.8 Å². The Kier molecular flexibility index (Phi) is 1.99. The first kappa shape index (κ1) is 10.9. The Morgan fingerprint density at radius 2 is 1.93 bits per heavy atom. The maximum absolute atomic E-state index is 11.8. The number of fused-ring (bicyclic) bond motifs is 2. The van der Waals surface area contributed by atoms with Gasteiger partial charge in [0.15, 0.2) is 0 Å². The van der Waals surface area contributed by atoms with Crippen molar-refractivity contribution in [3.8, 4) is 0 Å². The molecule has 0 saturated heterocycles. The van der Waals surface area contributed by atoms with Gasteiger partial charge in [0.1, 0.15) is 0 Å². The van der Waals surface area contributed by atoms with Crippen molar-refractivity contribution in [1.82, 2.24) is 5.48 Å². The SMILES string of the molecule is CC1(C)[C@@]2(C(=O)NO)CC[C@]1(C)[C@H](O)C2. The third-order valence-electron chi connectivity index (χ3n) is 5.51. The fourth-order valence-corrected chi connectivity index (χ4v) is 3.74. The highest BCUT2D eigenvalue weighted by molar-refractivity contribution is 5.84. The predicted molar refractivity (Wildman–Crippen MR) is 54.1 cm³/mol. The molecule has 2 aliphatic carbocycles. The third-order valence-corrected chi connectivity index (χ3v) is 5.51. The third kappa shape index (κ3) is 0.923. The van der Waals surface area contributed by atoms with Gasteiger partial charge in [0.2, 0.25) is 5.91 Å². The van der Waals surface area contributed by atoms with Crippen molar-refractivity contribution in [3.05, 3.63) is 0 Å². The van der Waals surface area contributed by atoms with Gasteiger partial charge >= 0.3 is 0 Å². The summed E-state index contributed by atoms with van der Waals surface area (Å²) in [5.74, 6) is -0.340. The minimum Gasteiger partial charge on any atom is -0.393 e. The van der Waals surface area contributed by atoms with Gasteiger partial charge in [-0.15, -0.1) is 0 Å². The smallest absolute Gasteiger partial charge is 0.250 e. The van der Waals surface area contributed by atoms with Crippen LogP contribution >= 0.6 is 0 Å². The molecular formula is C11H19NO3. The molecule has 15 heavy (non-hydrogen) atoms. The molecule has 4 heteroatoms. The molecule has 0 aromatic heterocycles. The van der Waals surface area contributed by atoms with E-state index in [0.717, 1.165) is 12.8 Å². The highest BCUT2D eigenvalue weighted by Gasteiger charge is 2.72. The highest BCUT2D eigenvalue weighted by atomic mass is 16.5. The number of amides is 1. The normalized spacial score (nSPS) is 46.9. The summed E-state index contributed by atoms with van der Waals surface area (Å²) < 4.78 is 0. The van der Waals surface area contributed by atoms with Crippen LogP contribution in [0.25, 0.3) is 0 Å². The van der Waals surface area contributed by atoms with Gasteiger partial charge in [-0.3, -0.25) is 10.0 Å². The molecular weight excluding hydrogens is 194 g/mol. The van der Waals surface area contributed by atoms with E-state index in [2.05, 4.69) is 0 Å². The molecule has 0 radical (unpaired) electrons. The predicted octanol–water partition coefficient (Wildman–Crippen LogP) is 1.07. The first-order chi connectivity index (χ1) is 6.82. The molecule has 0 heterocycles. The minimum absolute atomic E-state index is 0.209. The second kappa shape index (κ2) is 2.74. The van der Waals surface area contributed by atoms with E-state index < -0.39 is 11.5 Å². The Bertz CT molecular complexity index is 315. The quantitative estimate of drug-likeness (QED) is 0.451. The van der Waals surface area contributed by atoms with Gasteiger partial charge in [0.25, 0.3) is 0 Å². The number of hydrogen-bond acceptors (Lipinski definition) is 3. The maximum atomic E-state index is 11.8. The molecule has 0 aromatic carbocycles. The molecule has 0 spiro atoms. The summed E-state index contributed by atoms with van der Waals surface area (Å²) in [6, 6.07) is 0. The van der Waals surface area contributed by atoms with Crippen molar-refractivity contribution >= 4 is 5.91 Å². The first-order valence-corrected chi connectivity index (χ1v) is 5.44. The zero-order valence-electron chi connectivity index (χ0n) is 9.50. The fourth-order valence-electron chi connectivity index (χ4n) is 3.74. The molecule has 0 aliphatic heterocycles.